The Balaban J connectivity index is 1.83. The van der Waals surface area contributed by atoms with Crippen LogP contribution in [-0.2, 0) is 4.79 Å². The molecule has 0 N–H and O–H groups in total. The summed E-state index contributed by atoms with van der Waals surface area (Å²) >= 11 is 7.63. The quantitative estimate of drug-likeness (QED) is 0.617. The van der Waals surface area contributed by atoms with Crippen molar-refractivity contribution in [1.82, 2.24) is 4.90 Å². The van der Waals surface area contributed by atoms with E-state index in [1.165, 1.54) is 0 Å². The molecule has 108 valence electrons. The summed E-state index contributed by atoms with van der Waals surface area (Å²) in [6, 6.07) is 7.87. The molecule has 2 rings (SSSR count). The number of halogens is 1. The average Bonchev–Trinajstić information content (AvgIpc) is 2.47. The third-order valence-electron chi connectivity index (χ3n) is 3.27. The van der Waals surface area contributed by atoms with Crippen molar-refractivity contribution in [2.75, 3.05) is 42.6 Å². The van der Waals surface area contributed by atoms with Gasteiger partial charge >= 0.3 is 0 Å². The van der Waals surface area contributed by atoms with Crippen molar-refractivity contribution in [3.05, 3.63) is 41.9 Å². The van der Waals surface area contributed by atoms with Crippen LogP contribution in [0.15, 0.2) is 36.9 Å². The molecule has 1 fully saturated rings. The Labute approximate surface area is 129 Å². The van der Waals surface area contributed by atoms with E-state index in [9.17, 15) is 4.79 Å². The summed E-state index contributed by atoms with van der Waals surface area (Å²) in [6.45, 7) is 6.93. The lowest BCUT2D eigenvalue weighted by molar-refractivity contribution is -0.128. The number of benzene rings is 1. The van der Waals surface area contributed by atoms with Gasteiger partial charge in [0.15, 0.2) is 0 Å². The summed E-state index contributed by atoms with van der Waals surface area (Å²) in [5.74, 6) is 1.60. The van der Waals surface area contributed by atoms with Crippen LogP contribution in [0.5, 0.6) is 0 Å². The summed E-state index contributed by atoms with van der Waals surface area (Å²) in [4.78, 5) is 16.2. The Hall–Kier alpha value is -1.13. The lowest BCUT2D eigenvalue weighted by Crippen LogP contribution is -2.49. The SMILES string of the molecule is C=CCSCC(=O)N1CCN(c2cccc(Cl)c2)CC1. The zero-order chi connectivity index (χ0) is 14.4. The van der Waals surface area contributed by atoms with Crippen molar-refractivity contribution in [3.63, 3.8) is 0 Å². The van der Waals surface area contributed by atoms with Gasteiger partial charge in [0.25, 0.3) is 0 Å². The Kier molecular flexibility index (Phi) is 5.80. The number of anilines is 1. The van der Waals surface area contributed by atoms with E-state index in [0.29, 0.717) is 5.75 Å². The van der Waals surface area contributed by atoms with E-state index >= 15 is 0 Å². The molecular formula is C15H19ClN2OS. The highest BCUT2D eigenvalue weighted by atomic mass is 35.5. The van der Waals surface area contributed by atoms with Crippen molar-refractivity contribution in [1.29, 1.82) is 0 Å². The van der Waals surface area contributed by atoms with E-state index < -0.39 is 0 Å². The zero-order valence-corrected chi connectivity index (χ0v) is 13.0. The first-order chi connectivity index (χ1) is 9.70. The zero-order valence-electron chi connectivity index (χ0n) is 11.4. The summed E-state index contributed by atoms with van der Waals surface area (Å²) < 4.78 is 0. The molecule has 1 aromatic carbocycles. The van der Waals surface area contributed by atoms with Gasteiger partial charge in [-0.15, -0.1) is 18.3 Å². The lowest BCUT2D eigenvalue weighted by atomic mass is 10.2. The Morgan fingerprint density at radius 3 is 2.75 bits per heavy atom. The standard InChI is InChI=1S/C15H19ClN2OS/c1-2-10-20-12-15(19)18-8-6-17(7-9-18)14-5-3-4-13(16)11-14/h2-5,11H,1,6-10,12H2. The van der Waals surface area contributed by atoms with E-state index in [2.05, 4.69) is 17.5 Å². The maximum Gasteiger partial charge on any atom is 0.232 e. The molecule has 0 radical (unpaired) electrons. The summed E-state index contributed by atoms with van der Waals surface area (Å²) in [6.07, 6.45) is 1.83. The van der Waals surface area contributed by atoms with E-state index in [0.717, 1.165) is 42.6 Å². The minimum absolute atomic E-state index is 0.225. The van der Waals surface area contributed by atoms with Crippen LogP contribution >= 0.6 is 23.4 Å². The summed E-state index contributed by atoms with van der Waals surface area (Å²) in [5.41, 5.74) is 1.13. The fourth-order valence-electron chi connectivity index (χ4n) is 2.21. The van der Waals surface area contributed by atoms with Gasteiger partial charge in [0.05, 0.1) is 5.75 Å². The van der Waals surface area contributed by atoms with Crippen LogP contribution in [0, 0.1) is 0 Å². The van der Waals surface area contributed by atoms with Crippen LogP contribution in [0.4, 0.5) is 5.69 Å². The number of carbonyl (C=O) groups excluding carboxylic acids is 1. The number of hydrogen-bond acceptors (Lipinski definition) is 3. The van der Waals surface area contributed by atoms with Gasteiger partial charge in [-0.25, -0.2) is 0 Å². The molecule has 3 nitrogen and oxygen atoms in total. The van der Waals surface area contributed by atoms with Crippen LogP contribution in [0.3, 0.4) is 0 Å². The van der Waals surface area contributed by atoms with Crippen LogP contribution in [0.25, 0.3) is 0 Å². The normalized spacial score (nSPS) is 15.2. The van der Waals surface area contributed by atoms with Gasteiger partial charge in [-0.2, -0.15) is 0 Å². The van der Waals surface area contributed by atoms with Crippen LogP contribution in [-0.4, -0.2) is 48.5 Å². The molecule has 0 bridgehead atoms. The third kappa shape index (κ3) is 4.18. The van der Waals surface area contributed by atoms with E-state index in [4.69, 9.17) is 11.6 Å². The molecule has 1 aromatic rings. The van der Waals surface area contributed by atoms with Crippen molar-refractivity contribution in [3.8, 4) is 0 Å². The molecule has 1 aliphatic rings. The second-order valence-corrected chi connectivity index (χ2v) is 6.12. The van der Waals surface area contributed by atoms with Gasteiger partial charge in [-0.05, 0) is 18.2 Å². The molecule has 0 saturated carbocycles. The second-order valence-electron chi connectivity index (χ2n) is 4.65. The minimum atomic E-state index is 0.225. The third-order valence-corrected chi connectivity index (χ3v) is 4.42. The van der Waals surface area contributed by atoms with Crippen LogP contribution in [0.1, 0.15) is 0 Å². The number of amides is 1. The first-order valence-electron chi connectivity index (χ1n) is 6.67. The predicted octanol–water partition coefficient (Wildman–Crippen LogP) is 2.91. The highest BCUT2D eigenvalue weighted by Gasteiger charge is 2.20. The number of hydrogen-bond donors (Lipinski definition) is 0. The average molecular weight is 311 g/mol. The van der Waals surface area contributed by atoms with Crippen LogP contribution in [0.2, 0.25) is 5.02 Å². The smallest absolute Gasteiger partial charge is 0.232 e. The fraction of sp³-hybridized carbons (Fsp3) is 0.400. The molecule has 0 aliphatic carbocycles. The van der Waals surface area contributed by atoms with E-state index in [-0.39, 0.29) is 5.91 Å². The van der Waals surface area contributed by atoms with Crippen molar-refractivity contribution >= 4 is 35.0 Å². The van der Waals surface area contributed by atoms with Crippen molar-refractivity contribution in [2.24, 2.45) is 0 Å². The first-order valence-corrected chi connectivity index (χ1v) is 8.21. The molecule has 0 spiro atoms. The molecule has 5 heteroatoms. The predicted molar refractivity (Wildman–Crippen MR) is 87.8 cm³/mol. The van der Waals surface area contributed by atoms with Gasteiger partial charge in [-0.1, -0.05) is 23.7 Å². The highest BCUT2D eigenvalue weighted by molar-refractivity contribution is 8.00. The number of piperazine rings is 1. The Morgan fingerprint density at radius 2 is 2.10 bits per heavy atom. The van der Waals surface area contributed by atoms with Crippen LogP contribution < -0.4 is 4.90 Å². The van der Waals surface area contributed by atoms with E-state index in [1.807, 2.05) is 29.2 Å². The first kappa shape index (κ1) is 15.3. The molecular weight excluding hydrogens is 292 g/mol. The number of rotatable bonds is 5. The molecule has 1 amide bonds. The molecule has 0 atom stereocenters. The maximum atomic E-state index is 12.0. The number of thioether (sulfide) groups is 1. The van der Waals surface area contributed by atoms with Crippen molar-refractivity contribution in [2.45, 2.75) is 0 Å². The largest absolute Gasteiger partial charge is 0.368 e. The topological polar surface area (TPSA) is 23.6 Å². The summed E-state index contributed by atoms with van der Waals surface area (Å²) in [5, 5.41) is 0.752. The van der Waals surface area contributed by atoms with Crippen molar-refractivity contribution < 1.29 is 4.79 Å². The maximum absolute atomic E-state index is 12.0. The molecule has 0 aromatic heterocycles. The fourth-order valence-corrected chi connectivity index (χ4v) is 3.03. The van der Waals surface area contributed by atoms with Gasteiger partial charge in [0.2, 0.25) is 5.91 Å². The van der Waals surface area contributed by atoms with Gasteiger partial charge < -0.3 is 9.80 Å². The molecule has 1 heterocycles. The molecule has 1 saturated heterocycles. The lowest BCUT2D eigenvalue weighted by Gasteiger charge is -2.36. The molecule has 0 unspecified atom stereocenters. The monoisotopic (exact) mass is 310 g/mol. The Morgan fingerprint density at radius 1 is 1.35 bits per heavy atom. The van der Waals surface area contributed by atoms with E-state index in [1.54, 1.807) is 11.8 Å². The molecule has 1 aliphatic heterocycles. The highest BCUT2D eigenvalue weighted by Crippen LogP contribution is 2.20. The van der Waals surface area contributed by atoms with Gasteiger partial charge in [0, 0.05) is 42.6 Å². The van der Waals surface area contributed by atoms with Gasteiger partial charge in [-0.3, -0.25) is 4.79 Å². The number of nitrogens with zero attached hydrogens (tertiary/aromatic N) is 2. The number of carbonyl (C=O) groups is 1. The molecule has 20 heavy (non-hydrogen) atoms. The second kappa shape index (κ2) is 7.60. The summed E-state index contributed by atoms with van der Waals surface area (Å²) in [7, 11) is 0. The van der Waals surface area contributed by atoms with Gasteiger partial charge in [0.1, 0.15) is 0 Å². The Bertz CT molecular complexity index is 473. The minimum Gasteiger partial charge on any atom is -0.368 e.